The second-order valence-corrected chi connectivity index (χ2v) is 10.2. The summed E-state index contributed by atoms with van der Waals surface area (Å²) in [6, 6.07) is 39.1. The average molecular weight is 603 g/mol. The van der Waals surface area contributed by atoms with Crippen LogP contribution in [0.15, 0.2) is 121 Å². The lowest BCUT2D eigenvalue weighted by Crippen LogP contribution is -2.04. The number of halogens is 4. The van der Waals surface area contributed by atoms with Crippen LogP contribution in [0.3, 0.4) is 0 Å². The molecule has 1 radical (unpaired) electrons. The van der Waals surface area contributed by atoms with Crippen molar-refractivity contribution in [2.45, 2.75) is 0 Å². The Kier molecular flexibility index (Phi) is 8.84. The summed E-state index contributed by atoms with van der Waals surface area (Å²) in [5.74, 6) is -0.125. The summed E-state index contributed by atoms with van der Waals surface area (Å²) in [7, 11) is 0. The second kappa shape index (κ2) is 12.7. The van der Waals surface area contributed by atoms with Crippen LogP contribution in [0.25, 0.3) is 16.9 Å². The Morgan fingerprint density at radius 2 is 0.975 bits per heavy atom. The summed E-state index contributed by atoms with van der Waals surface area (Å²) in [6.07, 6.45) is 3.60. The van der Waals surface area contributed by atoms with Crippen LogP contribution in [0.1, 0.15) is 22.3 Å². The molecule has 0 saturated heterocycles. The van der Waals surface area contributed by atoms with E-state index < -0.39 is 5.75 Å². The first kappa shape index (κ1) is 27.9. The van der Waals surface area contributed by atoms with Gasteiger partial charge in [0.15, 0.2) is 11.5 Å². The second-order valence-electron chi connectivity index (χ2n) is 8.70. The molecule has 6 heteroatoms. The minimum absolute atomic E-state index is 0.0236. The summed E-state index contributed by atoms with van der Waals surface area (Å²) in [5.41, 5.74) is 4.83. The lowest BCUT2D eigenvalue weighted by Gasteiger charge is -2.22. The molecule has 0 heterocycles. The smallest absolute Gasteiger partial charge is 0.190 e. The fourth-order valence-corrected chi connectivity index (χ4v) is 5.05. The average Bonchev–Trinajstić information content (AvgIpc) is 3.01. The molecule has 0 amide bonds. The molecule has 0 spiro atoms. The molecule has 5 aromatic rings. The van der Waals surface area contributed by atoms with Crippen molar-refractivity contribution in [1.29, 1.82) is 0 Å². The van der Waals surface area contributed by atoms with Gasteiger partial charge in [-0.25, -0.2) is 0 Å². The molecule has 0 aliphatic rings. The van der Waals surface area contributed by atoms with E-state index >= 15 is 0 Å². The summed E-state index contributed by atoms with van der Waals surface area (Å²) >= 11 is 25.5. The van der Waals surface area contributed by atoms with Crippen LogP contribution in [-0.2, 0) is 0 Å². The summed E-state index contributed by atoms with van der Waals surface area (Å²) < 4.78 is 6.54. The molecule has 5 rings (SSSR count). The number of hydrogen-bond donors (Lipinski definition) is 1. The standard InChI is InChI=1S/C34H21Cl4O2/c35-28-29(36)31(38)34(32(39)30(28)37)40-33(25-19-11-4-12-20-25)27(24-17-9-3-10-18-24)26(23-15-7-2-8-16-23)21-22-13-5-1-6-14-22/h1-20,39H/b26-21?,33-27-. The minimum Gasteiger partial charge on any atom is -0.503 e. The third kappa shape index (κ3) is 5.91. The third-order valence-corrected chi connectivity index (χ3v) is 7.86. The van der Waals surface area contributed by atoms with Gasteiger partial charge in [0.2, 0.25) is 0 Å². The van der Waals surface area contributed by atoms with Crippen LogP contribution in [0.2, 0.25) is 20.1 Å². The molecule has 2 nitrogen and oxygen atoms in total. The molecule has 5 aromatic carbocycles. The van der Waals surface area contributed by atoms with Crippen molar-refractivity contribution in [2.75, 3.05) is 0 Å². The molecule has 0 aromatic heterocycles. The maximum absolute atomic E-state index is 11.0. The number of rotatable bonds is 7. The number of phenolic OH excluding ortho intramolecular Hbond substituents is 1. The van der Waals surface area contributed by atoms with E-state index in [4.69, 9.17) is 51.1 Å². The molecule has 0 saturated carbocycles. The zero-order valence-corrected chi connectivity index (χ0v) is 23.9. The highest BCUT2D eigenvalue weighted by Gasteiger charge is 2.26. The Bertz CT molecular complexity index is 1650. The van der Waals surface area contributed by atoms with Gasteiger partial charge >= 0.3 is 0 Å². The minimum atomic E-state index is -0.417. The third-order valence-electron chi connectivity index (χ3n) is 6.09. The first-order valence-electron chi connectivity index (χ1n) is 12.3. The largest absolute Gasteiger partial charge is 0.503 e. The van der Waals surface area contributed by atoms with E-state index in [-0.39, 0.29) is 25.8 Å². The fourth-order valence-electron chi connectivity index (χ4n) is 4.18. The maximum Gasteiger partial charge on any atom is 0.190 e. The zero-order chi connectivity index (χ0) is 28.1. The molecule has 0 unspecified atom stereocenters. The number of ether oxygens (including phenoxy) is 1. The topological polar surface area (TPSA) is 29.5 Å². The summed E-state index contributed by atoms with van der Waals surface area (Å²) in [6.45, 7) is 0. The number of benzene rings is 5. The zero-order valence-electron chi connectivity index (χ0n) is 20.9. The van der Waals surface area contributed by atoms with Crippen LogP contribution in [0.5, 0.6) is 11.5 Å². The van der Waals surface area contributed by atoms with Crippen LogP contribution in [-0.4, -0.2) is 5.11 Å². The van der Waals surface area contributed by atoms with Crippen molar-refractivity contribution < 1.29 is 9.84 Å². The van der Waals surface area contributed by atoms with Crippen molar-refractivity contribution in [3.63, 3.8) is 0 Å². The quantitative estimate of drug-likeness (QED) is 0.0660. The first-order chi connectivity index (χ1) is 19.5. The molecule has 0 aliphatic heterocycles. The van der Waals surface area contributed by atoms with Gasteiger partial charge in [-0.3, -0.25) is 0 Å². The van der Waals surface area contributed by atoms with Crippen molar-refractivity contribution in [2.24, 2.45) is 0 Å². The molecule has 0 atom stereocenters. The predicted molar refractivity (Wildman–Crippen MR) is 167 cm³/mol. The van der Waals surface area contributed by atoms with Gasteiger partial charge in [0, 0.05) is 16.7 Å². The van der Waals surface area contributed by atoms with Crippen molar-refractivity contribution in [3.05, 3.63) is 170 Å². The van der Waals surface area contributed by atoms with Crippen molar-refractivity contribution >= 4 is 63.3 Å². The van der Waals surface area contributed by atoms with Gasteiger partial charge in [-0.15, -0.1) is 0 Å². The summed E-state index contributed by atoms with van der Waals surface area (Å²) in [4.78, 5) is 0. The van der Waals surface area contributed by atoms with Crippen molar-refractivity contribution in [1.82, 2.24) is 0 Å². The highest BCUT2D eigenvalue weighted by atomic mass is 35.5. The van der Waals surface area contributed by atoms with Gasteiger partial charge in [-0.2, -0.15) is 0 Å². The highest BCUT2D eigenvalue weighted by molar-refractivity contribution is 6.53. The molecule has 0 aliphatic carbocycles. The van der Waals surface area contributed by atoms with Crippen LogP contribution >= 0.6 is 46.4 Å². The van der Waals surface area contributed by atoms with E-state index in [9.17, 15) is 5.11 Å². The Hall–Kier alpha value is -3.66. The Balaban J connectivity index is 1.89. The lowest BCUT2D eigenvalue weighted by molar-refractivity contribution is 0.425. The van der Waals surface area contributed by atoms with Gasteiger partial charge in [0.05, 0.1) is 10.0 Å². The number of hydrogen-bond acceptors (Lipinski definition) is 2. The Morgan fingerprint density at radius 1 is 0.525 bits per heavy atom. The molecule has 40 heavy (non-hydrogen) atoms. The number of aromatic hydroxyl groups is 1. The molecular formula is C34H21Cl4O2. The van der Waals surface area contributed by atoms with Crippen LogP contribution in [0.4, 0.5) is 0 Å². The predicted octanol–water partition coefficient (Wildman–Crippen LogP) is 10.9. The van der Waals surface area contributed by atoms with E-state index in [0.29, 0.717) is 11.3 Å². The molecular weight excluding hydrogens is 582 g/mol. The Morgan fingerprint density at radius 3 is 1.52 bits per heavy atom. The monoisotopic (exact) mass is 601 g/mol. The number of phenols is 1. The highest BCUT2D eigenvalue weighted by Crippen LogP contribution is 2.51. The summed E-state index contributed by atoms with van der Waals surface area (Å²) in [5, 5.41) is 10.7. The van der Waals surface area contributed by atoms with E-state index in [2.05, 4.69) is 6.08 Å². The van der Waals surface area contributed by atoms with Gasteiger partial charge in [0.1, 0.15) is 15.8 Å². The maximum atomic E-state index is 11.0. The fraction of sp³-hybridized carbons (Fsp3) is 0. The molecule has 1 N–H and O–H groups in total. The molecule has 0 fully saturated rings. The normalized spacial score (nSPS) is 12.2. The van der Waals surface area contributed by atoms with Crippen LogP contribution < -0.4 is 4.74 Å². The Labute approximate surface area is 253 Å². The van der Waals surface area contributed by atoms with E-state index in [0.717, 1.165) is 27.8 Å². The SMILES string of the molecule is Oc1c(Cl)c(Cl)c(Cl)c(Cl)c1O/C(=C(\C(=[C]c1ccccc1)c1ccccc1)c1ccccc1)c1ccccc1. The van der Waals surface area contributed by atoms with Gasteiger partial charge in [-0.1, -0.05) is 168 Å². The number of allylic oxidation sites excluding steroid dienone is 2. The van der Waals surface area contributed by atoms with Crippen LogP contribution in [0, 0.1) is 6.08 Å². The van der Waals surface area contributed by atoms with Crippen molar-refractivity contribution in [3.8, 4) is 11.5 Å². The first-order valence-corrected chi connectivity index (χ1v) is 13.8. The molecule has 197 valence electrons. The lowest BCUT2D eigenvalue weighted by atomic mass is 9.88. The van der Waals surface area contributed by atoms with Gasteiger partial charge < -0.3 is 9.84 Å². The van der Waals surface area contributed by atoms with E-state index in [1.165, 1.54) is 0 Å². The van der Waals surface area contributed by atoms with E-state index in [1.807, 2.05) is 121 Å². The van der Waals surface area contributed by atoms with Gasteiger partial charge in [-0.05, 0) is 22.8 Å². The van der Waals surface area contributed by atoms with Gasteiger partial charge in [0.25, 0.3) is 0 Å². The molecule has 0 bridgehead atoms. The van der Waals surface area contributed by atoms with E-state index in [1.54, 1.807) is 0 Å².